The van der Waals surface area contributed by atoms with Crippen LogP contribution in [0, 0.1) is 11.3 Å². The molecule has 4 heterocycles. The number of nitrogens with two attached hydrogens (primary N) is 1. The first-order chi connectivity index (χ1) is 17.2. The van der Waals surface area contributed by atoms with Gasteiger partial charge in [-0.1, -0.05) is 30.3 Å². The third-order valence-electron chi connectivity index (χ3n) is 6.65. The second kappa shape index (κ2) is 7.37. The average molecular weight is 460 g/mol. The Hall–Kier alpha value is -4.77. The number of furan rings is 1. The van der Waals surface area contributed by atoms with Crippen molar-refractivity contribution in [2.75, 3.05) is 0 Å². The van der Waals surface area contributed by atoms with Gasteiger partial charge in [0.15, 0.2) is 5.76 Å². The van der Waals surface area contributed by atoms with Gasteiger partial charge in [-0.2, -0.15) is 10.4 Å². The predicted octanol–water partition coefficient (Wildman–Crippen LogP) is 5.04. The smallest absolute Gasteiger partial charge is 0.225 e. The summed E-state index contributed by atoms with van der Waals surface area (Å²) in [6, 6.07) is 20.4. The Bertz CT molecular complexity index is 1610. The van der Waals surface area contributed by atoms with Gasteiger partial charge >= 0.3 is 0 Å². The normalized spacial score (nSPS) is 17.3. The maximum absolute atomic E-state index is 10.1. The second-order valence-corrected chi connectivity index (χ2v) is 8.88. The van der Waals surface area contributed by atoms with Gasteiger partial charge in [0.1, 0.15) is 22.9 Å². The number of aromatic nitrogens is 4. The van der Waals surface area contributed by atoms with Crippen LogP contribution in [0.1, 0.15) is 35.9 Å². The lowest BCUT2D eigenvalue weighted by Gasteiger charge is -2.25. The average Bonchev–Trinajstić information content (AvgIpc) is 3.28. The number of rotatable bonds is 4. The molecule has 8 nitrogen and oxygen atoms in total. The summed E-state index contributed by atoms with van der Waals surface area (Å²) in [7, 11) is 0. The zero-order valence-electron chi connectivity index (χ0n) is 18.6. The molecule has 0 spiro atoms. The number of hydrogen-bond donors (Lipinski definition) is 1. The number of ether oxygens (including phenoxy) is 1. The Morgan fingerprint density at radius 1 is 1.09 bits per heavy atom. The van der Waals surface area contributed by atoms with Gasteiger partial charge in [0.25, 0.3) is 0 Å². The highest BCUT2D eigenvalue weighted by Crippen LogP contribution is 2.50. The van der Waals surface area contributed by atoms with E-state index in [1.165, 1.54) is 0 Å². The number of nitriles is 1. The first kappa shape index (κ1) is 19.7. The van der Waals surface area contributed by atoms with E-state index in [0.717, 1.165) is 40.6 Å². The van der Waals surface area contributed by atoms with Crippen LogP contribution in [0.3, 0.4) is 0 Å². The van der Waals surface area contributed by atoms with Crippen LogP contribution in [0.25, 0.3) is 28.1 Å². The van der Waals surface area contributed by atoms with E-state index in [1.54, 1.807) is 12.5 Å². The minimum absolute atomic E-state index is 0.113. The van der Waals surface area contributed by atoms with Gasteiger partial charge in [-0.15, -0.1) is 0 Å². The summed E-state index contributed by atoms with van der Waals surface area (Å²) in [5, 5.41) is 16.0. The SMILES string of the molecule is N#CC1=C(N)Oc2c(c(-c3cc4ccccc4o3)nn2C2CC2)C1c1ccc(-n2ccnc2)cc1. The lowest BCUT2D eigenvalue weighted by molar-refractivity contribution is 0.347. The fraction of sp³-hybridized carbons (Fsp3) is 0.148. The van der Waals surface area contributed by atoms with Gasteiger partial charge in [-0.25, -0.2) is 9.67 Å². The first-order valence-electron chi connectivity index (χ1n) is 11.5. The van der Waals surface area contributed by atoms with Crippen LogP contribution in [0.2, 0.25) is 0 Å². The molecule has 2 aliphatic rings. The number of para-hydroxylation sites is 1. The van der Waals surface area contributed by atoms with E-state index in [2.05, 4.69) is 11.1 Å². The van der Waals surface area contributed by atoms with Gasteiger partial charge in [0, 0.05) is 23.5 Å². The topological polar surface area (TPSA) is 108 Å². The molecule has 0 radical (unpaired) electrons. The van der Waals surface area contributed by atoms with Crippen LogP contribution in [-0.4, -0.2) is 19.3 Å². The van der Waals surface area contributed by atoms with E-state index < -0.39 is 5.92 Å². The van der Waals surface area contributed by atoms with Crippen molar-refractivity contribution in [3.63, 3.8) is 0 Å². The molecule has 35 heavy (non-hydrogen) atoms. The molecule has 2 aromatic carbocycles. The minimum atomic E-state index is -0.434. The summed E-state index contributed by atoms with van der Waals surface area (Å²) in [4.78, 5) is 4.12. The molecule has 5 aromatic rings. The molecule has 0 bridgehead atoms. The van der Waals surface area contributed by atoms with Crippen LogP contribution in [0.5, 0.6) is 5.88 Å². The minimum Gasteiger partial charge on any atom is -0.454 e. The summed E-state index contributed by atoms with van der Waals surface area (Å²) in [5.41, 5.74) is 10.8. The number of allylic oxidation sites excluding steroid dienone is 1. The number of fused-ring (bicyclic) bond motifs is 2. The number of benzene rings is 2. The van der Waals surface area contributed by atoms with Crippen LogP contribution >= 0.6 is 0 Å². The van der Waals surface area contributed by atoms with Crippen molar-refractivity contribution < 1.29 is 9.15 Å². The number of imidazole rings is 1. The third kappa shape index (κ3) is 3.05. The zero-order valence-corrected chi connectivity index (χ0v) is 18.6. The van der Waals surface area contributed by atoms with E-state index in [0.29, 0.717) is 22.9 Å². The highest BCUT2D eigenvalue weighted by molar-refractivity contribution is 5.83. The molecule has 8 heteroatoms. The molecule has 1 atom stereocenters. The molecule has 1 fully saturated rings. The molecule has 170 valence electrons. The van der Waals surface area contributed by atoms with Gasteiger partial charge in [-0.05, 0) is 42.7 Å². The molecule has 0 amide bonds. The van der Waals surface area contributed by atoms with Crippen LogP contribution < -0.4 is 10.5 Å². The van der Waals surface area contributed by atoms with Crippen molar-refractivity contribution in [2.45, 2.75) is 24.8 Å². The quantitative estimate of drug-likeness (QED) is 0.403. The summed E-state index contributed by atoms with van der Waals surface area (Å²) in [5.74, 6) is 0.907. The van der Waals surface area contributed by atoms with E-state index in [4.69, 9.17) is 20.0 Å². The van der Waals surface area contributed by atoms with E-state index in [1.807, 2.05) is 70.0 Å². The summed E-state index contributed by atoms with van der Waals surface area (Å²) >= 11 is 0. The first-order valence-corrected chi connectivity index (χ1v) is 11.5. The molecular formula is C27H20N6O2. The van der Waals surface area contributed by atoms with E-state index >= 15 is 0 Å². The summed E-state index contributed by atoms with van der Waals surface area (Å²) < 4.78 is 16.1. The molecule has 1 unspecified atom stereocenters. The van der Waals surface area contributed by atoms with Crippen molar-refractivity contribution in [2.24, 2.45) is 5.73 Å². The Morgan fingerprint density at radius 2 is 1.91 bits per heavy atom. The van der Waals surface area contributed by atoms with Crippen molar-refractivity contribution >= 4 is 11.0 Å². The molecule has 7 rings (SSSR count). The monoisotopic (exact) mass is 460 g/mol. The number of nitrogens with zero attached hydrogens (tertiary/aromatic N) is 5. The van der Waals surface area contributed by atoms with Gasteiger partial charge in [-0.3, -0.25) is 0 Å². The highest BCUT2D eigenvalue weighted by Gasteiger charge is 2.41. The predicted molar refractivity (Wildman–Crippen MR) is 129 cm³/mol. The maximum atomic E-state index is 10.1. The second-order valence-electron chi connectivity index (χ2n) is 8.88. The highest BCUT2D eigenvalue weighted by atomic mass is 16.5. The molecule has 1 aliphatic carbocycles. The summed E-state index contributed by atoms with van der Waals surface area (Å²) in [6.07, 6.45) is 7.42. The number of hydrogen-bond acceptors (Lipinski definition) is 6. The Labute approximate surface area is 200 Å². The molecule has 1 aliphatic heterocycles. The van der Waals surface area contributed by atoms with Crippen LogP contribution in [-0.2, 0) is 0 Å². The Balaban J connectivity index is 1.44. The molecule has 2 N–H and O–H groups in total. The van der Waals surface area contributed by atoms with Crippen molar-refractivity contribution in [1.82, 2.24) is 19.3 Å². The third-order valence-corrected chi connectivity index (χ3v) is 6.65. The van der Waals surface area contributed by atoms with E-state index in [-0.39, 0.29) is 11.9 Å². The fourth-order valence-corrected chi connectivity index (χ4v) is 4.79. The van der Waals surface area contributed by atoms with Crippen molar-refractivity contribution in [3.8, 4) is 29.1 Å². The van der Waals surface area contributed by atoms with Crippen LogP contribution in [0.4, 0.5) is 0 Å². The Morgan fingerprint density at radius 3 is 2.63 bits per heavy atom. The van der Waals surface area contributed by atoms with Crippen molar-refractivity contribution in [1.29, 1.82) is 5.26 Å². The zero-order chi connectivity index (χ0) is 23.5. The lowest BCUT2D eigenvalue weighted by atomic mass is 9.83. The largest absolute Gasteiger partial charge is 0.454 e. The van der Waals surface area contributed by atoms with Gasteiger partial charge in [0.05, 0.1) is 23.9 Å². The van der Waals surface area contributed by atoms with Crippen molar-refractivity contribution in [3.05, 3.63) is 95.9 Å². The molecule has 0 saturated heterocycles. The Kier molecular flexibility index (Phi) is 4.14. The maximum Gasteiger partial charge on any atom is 0.225 e. The molecule has 3 aromatic heterocycles. The standard InChI is InChI=1S/C27H20N6O2/c28-14-20-23(16-5-7-18(8-6-16)32-12-11-30-15-32)24-25(22-13-17-3-1-2-4-21(17)34-22)31-33(19-9-10-19)27(24)35-26(20)29/h1-8,11-13,15,19,23H,9-10,29H2. The molecular weight excluding hydrogens is 440 g/mol. The van der Waals surface area contributed by atoms with E-state index in [9.17, 15) is 5.26 Å². The van der Waals surface area contributed by atoms with Gasteiger partial charge < -0.3 is 19.5 Å². The lowest BCUT2D eigenvalue weighted by Crippen LogP contribution is -2.22. The van der Waals surface area contributed by atoms with Crippen LogP contribution in [0.15, 0.2) is 89.2 Å². The molecule has 1 saturated carbocycles. The van der Waals surface area contributed by atoms with Gasteiger partial charge in [0.2, 0.25) is 11.8 Å². The summed E-state index contributed by atoms with van der Waals surface area (Å²) in [6.45, 7) is 0. The fourth-order valence-electron chi connectivity index (χ4n) is 4.79.